The number of nitrogens with one attached hydrogen (secondary N) is 1. The van der Waals surface area contributed by atoms with Gasteiger partial charge in [0.25, 0.3) is 0 Å². The maximum atomic E-state index is 3.47. The summed E-state index contributed by atoms with van der Waals surface area (Å²) in [6.45, 7) is 6.70. The monoisotopic (exact) mass is 251 g/mol. The van der Waals surface area contributed by atoms with E-state index in [1.807, 2.05) is 11.8 Å². The van der Waals surface area contributed by atoms with Gasteiger partial charge in [-0.15, -0.1) is 11.8 Å². The Hall–Kier alpha value is -0.470. The molecule has 0 heterocycles. The minimum atomic E-state index is 0.621. The molecule has 1 aromatic carbocycles. The maximum absolute atomic E-state index is 3.47. The van der Waals surface area contributed by atoms with Gasteiger partial charge in [-0.05, 0) is 38.9 Å². The average Bonchev–Trinajstić information content (AvgIpc) is 2.33. The summed E-state index contributed by atoms with van der Waals surface area (Å²) in [6, 6.07) is 9.44. The van der Waals surface area contributed by atoms with Crippen LogP contribution in [0.25, 0.3) is 0 Å². The first-order chi connectivity index (χ1) is 8.21. The zero-order valence-corrected chi connectivity index (χ0v) is 12.3. The SMILES string of the molecule is CCCC(NC)C(CC)Sc1cccc(C)c1. The van der Waals surface area contributed by atoms with Gasteiger partial charge in [-0.3, -0.25) is 0 Å². The molecule has 0 saturated heterocycles. The van der Waals surface area contributed by atoms with E-state index in [-0.39, 0.29) is 0 Å². The summed E-state index contributed by atoms with van der Waals surface area (Å²) in [4.78, 5) is 1.40. The van der Waals surface area contributed by atoms with Gasteiger partial charge in [0, 0.05) is 16.2 Å². The van der Waals surface area contributed by atoms with Crippen molar-refractivity contribution < 1.29 is 0 Å². The van der Waals surface area contributed by atoms with Crippen LogP contribution in [-0.2, 0) is 0 Å². The van der Waals surface area contributed by atoms with Crippen LogP contribution in [0.2, 0.25) is 0 Å². The Morgan fingerprint density at radius 2 is 2.06 bits per heavy atom. The van der Waals surface area contributed by atoms with Crippen molar-refractivity contribution in [3.63, 3.8) is 0 Å². The first-order valence-corrected chi connectivity index (χ1v) is 7.49. The van der Waals surface area contributed by atoms with E-state index in [1.165, 1.54) is 29.7 Å². The Labute approximate surface area is 110 Å². The van der Waals surface area contributed by atoms with E-state index in [0.717, 1.165) is 0 Å². The van der Waals surface area contributed by atoms with Crippen LogP contribution in [0, 0.1) is 6.92 Å². The Morgan fingerprint density at radius 3 is 2.59 bits per heavy atom. The van der Waals surface area contributed by atoms with Crippen molar-refractivity contribution in [3.05, 3.63) is 29.8 Å². The fourth-order valence-electron chi connectivity index (χ4n) is 2.14. The molecule has 0 aliphatic rings. The molecular formula is C15H25NS. The summed E-state index contributed by atoms with van der Waals surface area (Å²) in [5.41, 5.74) is 1.35. The molecule has 0 aromatic heterocycles. The molecule has 1 rings (SSSR count). The van der Waals surface area contributed by atoms with E-state index in [0.29, 0.717) is 11.3 Å². The number of benzene rings is 1. The standard InChI is InChI=1S/C15H25NS/c1-5-8-14(16-4)15(6-2)17-13-10-7-9-12(3)11-13/h7,9-11,14-16H,5-6,8H2,1-4H3. The number of thioether (sulfide) groups is 1. The Kier molecular flexibility index (Phi) is 6.68. The van der Waals surface area contributed by atoms with Crippen LogP contribution in [0.5, 0.6) is 0 Å². The third kappa shape index (κ3) is 4.72. The molecule has 0 saturated carbocycles. The third-order valence-electron chi connectivity index (χ3n) is 3.10. The van der Waals surface area contributed by atoms with Gasteiger partial charge in [0.15, 0.2) is 0 Å². The molecule has 1 nitrogen and oxygen atoms in total. The lowest BCUT2D eigenvalue weighted by atomic mass is 10.1. The molecule has 2 heteroatoms. The van der Waals surface area contributed by atoms with Gasteiger partial charge in [-0.1, -0.05) is 38.0 Å². The zero-order valence-electron chi connectivity index (χ0n) is 11.5. The quantitative estimate of drug-likeness (QED) is 0.727. The highest BCUT2D eigenvalue weighted by Gasteiger charge is 2.18. The molecule has 0 fully saturated rings. The normalized spacial score (nSPS) is 14.6. The van der Waals surface area contributed by atoms with Crippen molar-refractivity contribution >= 4 is 11.8 Å². The molecule has 1 N–H and O–H groups in total. The largest absolute Gasteiger partial charge is 0.316 e. The fraction of sp³-hybridized carbons (Fsp3) is 0.600. The summed E-state index contributed by atoms with van der Waals surface area (Å²) in [6.07, 6.45) is 3.72. The van der Waals surface area contributed by atoms with Gasteiger partial charge in [0.2, 0.25) is 0 Å². The molecule has 2 unspecified atom stereocenters. The second-order valence-electron chi connectivity index (χ2n) is 4.56. The van der Waals surface area contributed by atoms with Crippen molar-refractivity contribution in [2.45, 2.75) is 56.2 Å². The minimum Gasteiger partial charge on any atom is -0.316 e. The summed E-state index contributed by atoms with van der Waals surface area (Å²) in [5.74, 6) is 0. The molecule has 1 aromatic rings. The Morgan fingerprint density at radius 1 is 1.29 bits per heavy atom. The lowest BCUT2D eigenvalue weighted by Crippen LogP contribution is -2.35. The van der Waals surface area contributed by atoms with Crippen LogP contribution in [0.3, 0.4) is 0 Å². The fourth-order valence-corrected chi connectivity index (χ4v) is 3.50. The Balaban J connectivity index is 2.68. The molecule has 17 heavy (non-hydrogen) atoms. The van der Waals surface area contributed by atoms with E-state index in [9.17, 15) is 0 Å². The van der Waals surface area contributed by atoms with Gasteiger partial charge in [-0.2, -0.15) is 0 Å². The van der Waals surface area contributed by atoms with Crippen LogP contribution in [-0.4, -0.2) is 18.3 Å². The van der Waals surface area contributed by atoms with Crippen molar-refractivity contribution in [2.24, 2.45) is 0 Å². The summed E-state index contributed by atoms with van der Waals surface area (Å²) < 4.78 is 0. The van der Waals surface area contributed by atoms with Gasteiger partial charge in [0.1, 0.15) is 0 Å². The molecule has 0 aliphatic carbocycles. The second kappa shape index (κ2) is 7.78. The van der Waals surface area contributed by atoms with E-state index in [2.05, 4.69) is 57.4 Å². The molecule has 96 valence electrons. The molecule has 0 spiro atoms. The summed E-state index contributed by atoms with van der Waals surface area (Å²) in [5, 5.41) is 4.14. The van der Waals surface area contributed by atoms with Gasteiger partial charge >= 0.3 is 0 Å². The molecule has 0 radical (unpaired) electrons. The van der Waals surface area contributed by atoms with Crippen molar-refractivity contribution in [2.75, 3.05) is 7.05 Å². The van der Waals surface area contributed by atoms with E-state index >= 15 is 0 Å². The highest BCUT2D eigenvalue weighted by molar-refractivity contribution is 8.00. The number of hydrogen-bond donors (Lipinski definition) is 1. The van der Waals surface area contributed by atoms with Crippen molar-refractivity contribution in [3.8, 4) is 0 Å². The van der Waals surface area contributed by atoms with Crippen LogP contribution in [0.15, 0.2) is 29.2 Å². The molecule has 0 amide bonds. The first-order valence-electron chi connectivity index (χ1n) is 6.61. The van der Waals surface area contributed by atoms with Crippen LogP contribution < -0.4 is 5.32 Å². The predicted octanol–water partition coefficient (Wildman–Crippen LogP) is 4.25. The van der Waals surface area contributed by atoms with Crippen LogP contribution in [0.1, 0.15) is 38.7 Å². The second-order valence-corrected chi connectivity index (χ2v) is 5.88. The predicted molar refractivity (Wildman–Crippen MR) is 78.9 cm³/mol. The van der Waals surface area contributed by atoms with Crippen molar-refractivity contribution in [1.82, 2.24) is 5.32 Å². The third-order valence-corrected chi connectivity index (χ3v) is 4.59. The molecule has 2 atom stereocenters. The smallest absolute Gasteiger partial charge is 0.0245 e. The van der Waals surface area contributed by atoms with E-state index < -0.39 is 0 Å². The van der Waals surface area contributed by atoms with Crippen LogP contribution >= 0.6 is 11.8 Å². The van der Waals surface area contributed by atoms with E-state index in [4.69, 9.17) is 0 Å². The van der Waals surface area contributed by atoms with Crippen LogP contribution in [0.4, 0.5) is 0 Å². The Bertz CT molecular complexity index is 324. The van der Waals surface area contributed by atoms with Gasteiger partial charge < -0.3 is 5.32 Å². The minimum absolute atomic E-state index is 0.621. The van der Waals surface area contributed by atoms with E-state index in [1.54, 1.807) is 0 Å². The topological polar surface area (TPSA) is 12.0 Å². The highest BCUT2D eigenvalue weighted by Crippen LogP contribution is 2.29. The zero-order chi connectivity index (χ0) is 12.7. The number of aryl methyl sites for hydroxylation is 1. The maximum Gasteiger partial charge on any atom is 0.0245 e. The van der Waals surface area contributed by atoms with Crippen molar-refractivity contribution in [1.29, 1.82) is 0 Å². The lowest BCUT2D eigenvalue weighted by Gasteiger charge is -2.25. The molecular weight excluding hydrogens is 226 g/mol. The van der Waals surface area contributed by atoms with Gasteiger partial charge in [-0.25, -0.2) is 0 Å². The number of rotatable bonds is 7. The lowest BCUT2D eigenvalue weighted by molar-refractivity contribution is 0.490. The first kappa shape index (κ1) is 14.6. The molecule has 0 aliphatic heterocycles. The average molecular weight is 251 g/mol. The number of hydrogen-bond acceptors (Lipinski definition) is 2. The molecule has 0 bridgehead atoms. The van der Waals surface area contributed by atoms with Gasteiger partial charge in [0.05, 0.1) is 0 Å². The summed E-state index contributed by atoms with van der Waals surface area (Å²) in [7, 11) is 2.08. The summed E-state index contributed by atoms with van der Waals surface area (Å²) >= 11 is 2.01. The highest BCUT2D eigenvalue weighted by atomic mass is 32.2.